The van der Waals surface area contributed by atoms with Crippen molar-refractivity contribution < 1.29 is 4.74 Å². The van der Waals surface area contributed by atoms with E-state index in [0.717, 1.165) is 11.1 Å². The van der Waals surface area contributed by atoms with E-state index in [1.165, 1.54) is 0 Å². The highest BCUT2D eigenvalue weighted by Crippen LogP contribution is 2.32. The molecule has 17 heavy (non-hydrogen) atoms. The van der Waals surface area contributed by atoms with Crippen LogP contribution in [0.3, 0.4) is 0 Å². The van der Waals surface area contributed by atoms with Crippen LogP contribution in [0.2, 0.25) is 0 Å². The molecule has 0 fully saturated rings. The molecule has 1 aromatic heterocycles. The molecule has 0 radical (unpaired) electrons. The number of nitrogens with two attached hydrogens (primary N) is 1. The number of hydrogen-bond acceptors (Lipinski definition) is 5. The summed E-state index contributed by atoms with van der Waals surface area (Å²) in [6.07, 6.45) is 3.29. The lowest BCUT2D eigenvalue weighted by Gasteiger charge is -2.15. The maximum Gasteiger partial charge on any atom is 0.144 e. The van der Waals surface area contributed by atoms with Crippen LogP contribution in [0.15, 0.2) is 36.7 Å². The van der Waals surface area contributed by atoms with E-state index < -0.39 is 0 Å². The average Bonchev–Trinajstić information content (AvgIpc) is 2.39. The molecule has 2 rings (SSSR count). The van der Waals surface area contributed by atoms with Gasteiger partial charge in [0.15, 0.2) is 0 Å². The van der Waals surface area contributed by atoms with E-state index in [-0.39, 0.29) is 0 Å². The quantitative estimate of drug-likeness (QED) is 0.624. The molecule has 1 aromatic carbocycles. The van der Waals surface area contributed by atoms with Gasteiger partial charge in [-0.15, -0.1) is 0 Å². The maximum atomic E-state index is 10.7. The van der Waals surface area contributed by atoms with Crippen LogP contribution < -0.4 is 16.0 Å². The normalized spacial score (nSPS) is 10.0. The van der Waals surface area contributed by atoms with Gasteiger partial charge >= 0.3 is 0 Å². The van der Waals surface area contributed by atoms with Crippen molar-refractivity contribution in [2.75, 3.05) is 18.3 Å². The minimum atomic E-state index is 0.348. The van der Waals surface area contributed by atoms with E-state index in [9.17, 15) is 5.21 Å². The van der Waals surface area contributed by atoms with Gasteiger partial charge in [0.25, 0.3) is 0 Å². The molecule has 0 aliphatic rings. The largest absolute Gasteiger partial charge is 0.761 e. The van der Waals surface area contributed by atoms with Gasteiger partial charge in [0.05, 0.1) is 19.0 Å². The minimum Gasteiger partial charge on any atom is -0.761 e. The SMILES string of the molecule is COc1cnccc1-c1ccc(N)c(N[O-])c1. The topological polar surface area (TPSA) is 83.2 Å². The summed E-state index contributed by atoms with van der Waals surface area (Å²) >= 11 is 0. The Labute approximate surface area is 98.8 Å². The number of ether oxygens (including phenoxy) is 1. The van der Waals surface area contributed by atoms with Crippen LogP contribution in [0.25, 0.3) is 11.1 Å². The molecule has 0 saturated heterocycles. The molecular weight excluding hydrogens is 218 g/mol. The highest BCUT2D eigenvalue weighted by molar-refractivity contribution is 5.78. The van der Waals surface area contributed by atoms with Crippen molar-refractivity contribution in [2.45, 2.75) is 0 Å². The van der Waals surface area contributed by atoms with Gasteiger partial charge in [-0.05, 0) is 23.8 Å². The maximum absolute atomic E-state index is 10.7. The zero-order chi connectivity index (χ0) is 12.3. The van der Waals surface area contributed by atoms with Crippen molar-refractivity contribution in [3.8, 4) is 16.9 Å². The monoisotopic (exact) mass is 230 g/mol. The first-order valence-electron chi connectivity index (χ1n) is 5.02. The second-order valence-corrected chi connectivity index (χ2v) is 3.48. The molecule has 0 aliphatic carbocycles. The summed E-state index contributed by atoms with van der Waals surface area (Å²) in [6, 6.07) is 7.00. The summed E-state index contributed by atoms with van der Waals surface area (Å²) in [5, 5.41) is 10.7. The van der Waals surface area contributed by atoms with Crippen molar-refractivity contribution in [1.82, 2.24) is 4.98 Å². The van der Waals surface area contributed by atoms with Gasteiger partial charge in [-0.25, -0.2) is 0 Å². The molecular formula is C12H12N3O2-. The molecule has 1 heterocycles. The predicted molar refractivity (Wildman–Crippen MR) is 67.6 cm³/mol. The number of rotatable bonds is 3. The molecule has 0 saturated carbocycles. The van der Waals surface area contributed by atoms with Crippen LogP contribution in [-0.4, -0.2) is 12.1 Å². The van der Waals surface area contributed by atoms with Crippen molar-refractivity contribution in [2.24, 2.45) is 0 Å². The molecule has 3 N–H and O–H groups in total. The third-order valence-electron chi connectivity index (χ3n) is 2.48. The van der Waals surface area contributed by atoms with Crippen LogP contribution >= 0.6 is 0 Å². The van der Waals surface area contributed by atoms with Gasteiger partial charge in [-0.2, -0.15) is 0 Å². The lowest BCUT2D eigenvalue weighted by molar-refractivity contribution is 0.414. The second-order valence-electron chi connectivity index (χ2n) is 3.48. The van der Waals surface area contributed by atoms with E-state index in [1.807, 2.05) is 17.6 Å². The van der Waals surface area contributed by atoms with Crippen LogP contribution in [0, 0.1) is 5.21 Å². The van der Waals surface area contributed by atoms with E-state index in [2.05, 4.69) is 4.98 Å². The number of anilines is 2. The number of nitrogens with one attached hydrogen (secondary N) is 1. The number of nitrogens with zero attached hydrogens (tertiary/aromatic N) is 1. The fourth-order valence-corrected chi connectivity index (χ4v) is 1.59. The third-order valence-corrected chi connectivity index (χ3v) is 2.48. The van der Waals surface area contributed by atoms with Gasteiger partial charge in [-0.3, -0.25) is 4.98 Å². The third kappa shape index (κ3) is 2.14. The van der Waals surface area contributed by atoms with Crippen molar-refractivity contribution in [3.63, 3.8) is 0 Å². The predicted octanol–water partition coefficient (Wildman–Crippen LogP) is 2.25. The van der Waals surface area contributed by atoms with Crippen LogP contribution in [0.4, 0.5) is 11.4 Å². The summed E-state index contributed by atoms with van der Waals surface area (Å²) in [5.41, 5.74) is 9.92. The summed E-state index contributed by atoms with van der Waals surface area (Å²) in [4.78, 5) is 3.97. The van der Waals surface area contributed by atoms with Crippen LogP contribution in [-0.2, 0) is 0 Å². The Bertz CT molecular complexity index is 529. The van der Waals surface area contributed by atoms with E-state index in [0.29, 0.717) is 17.1 Å². The van der Waals surface area contributed by atoms with E-state index >= 15 is 0 Å². The summed E-state index contributed by atoms with van der Waals surface area (Å²) < 4.78 is 5.21. The van der Waals surface area contributed by atoms with Crippen LogP contribution in [0.1, 0.15) is 0 Å². The average molecular weight is 230 g/mol. The Kier molecular flexibility index (Phi) is 3.11. The van der Waals surface area contributed by atoms with Gasteiger partial charge in [0.1, 0.15) is 5.75 Å². The smallest absolute Gasteiger partial charge is 0.144 e. The Balaban J connectivity index is 2.53. The molecule has 0 bridgehead atoms. The summed E-state index contributed by atoms with van der Waals surface area (Å²) in [7, 11) is 1.57. The zero-order valence-corrected chi connectivity index (χ0v) is 9.31. The molecule has 2 aromatic rings. The molecule has 5 nitrogen and oxygen atoms in total. The van der Waals surface area contributed by atoms with Gasteiger partial charge in [0.2, 0.25) is 0 Å². The number of aromatic nitrogens is 1. The molecule has 0 spiro atoms. The Morgan fingerprint density at radius 1 is 1.35 bits per heavy atom. The molecule has 0 atom stereocenters. The first kappa shape index (κ1) is 11.2. The first-order chi connectivity index (χ1) is 8.26. The van der Waals surface area contributed by atoms with Crippen LogP contribution in [0.5, 0.6) is 5.75 Å². The minimum absolute atomic E-state index is 0.348. The lowest BCUT2D eigenvalue weighted by Crippen LogP contribution is -1.95. The summed E-state index contributed by atoms with van der Waals surface area (Å²) in [6.45, 7) is 0. The lowest BCUT2D eigenvalue weighted by atomic mass is 10.0. The van der Waals surface area contributed by atoms with Crippen molar-refractivity contribution >= 4 is 11.4 Å². The standard InChI is InChI=1S/C12H12N3O2/c1-17-12-7-14-5-4-9(12)8-2-3-10(13)11(6-8)15-16/h2-7,15H,13H2,1H3/q-1. The van der Waals surface area contributed by atoms with E-state index in [1.54, 1.807) is 31.6 Å². The fourth-order valence-electron chi connectivity index (χ4n) is 1.59. The number of benzene rings is 1. The molecule has 5 heteroatoms. The number of pyridine rings is 1. The molecule has 0 amide bonds. The van der Waals surface area contributed by atoms with Gasteiger partial charge in [-0.1, -0.05) is 6.07 Å². The Morgan fingerprint density at radius 3 is 2.88 bits per heavy atom. The second kappa shape index (κ2) is 4.71. The number of hydrogen-bond donors (Lipinski definition) is 2. The Morgan fingerprint density at radius 2 is 2.18 bits per heavy atom. The fraction of sp³-hybridized carbons (Fsp3) is 0.0833. The molecule has 88 valence electrons. The summed E-state index contributed by atoms with van der Waals surface area (Å²) in [5.74, 6) is 0.647. The molecule has 0 aliphatic heterocycles. The highest BCUT2D eigenvalue weighted by atomic mass is 16.5. The molecule has 0 unspecified atom stereocenters. The highest BCUT2D eigenvalue weighted by Gasteiger charge is 2.06. The van der Waals surface area contributed by atoms with Crippen molar-refractivity contribution in [1.29, 1.82) is 0 Å². The van der Waals surface area contributed by atoms with Crippen molar-refractivity contribution in [3.05, 3.63) is 41.9 Å². The van der Waals surface area contributed by atoms with E-state index in [4.69, 9.17) is 10.5 Å². The van der Waals surface area contributed by atoms with Gasteiger partial charge in [0, 0.05) is 17.4 Å². The first-order valence-corrected chi connectivity index (χ1v) is 5.02. The zero-order valence-electron chi connectivity index (χ0n) is 9.31. The van der Waals surface area contributed by atoms with Gasteiger partial charge < -0.3 is 21.2 Å². The number of methoxy groups -OCH3 is 1. The Hall–Kier alpha value is -2.27. The number of nitrogen functional groups attached to an aromatic ring is 1.